The molecule has 1 heterocycles. The first kappa shape index (κ1) is 17.2. The summed E-state index contributed by atoms with van der Waals surface area (Å²) in [6.07, 6.45) is 4.05. The Morgan fingerprint density at radius 2 is 2.09 bits per heavy atom. The van der Waals surface area contributed by atoms with Gasteiger partial charge < -0.3 is 5.11 Å². The number of aromatic carboxylic acids is 1. The van der Waals surface area contributed by atoms with Gasteiger partial charge in [0, 0.05) is 25.5 Å². The molecule has 0 bridgehead atoms. The van der Waals surface area contributed by atoms with E-state index in [1.165, 1.54) is 12.1 Å². The number of hydrogen-bond acceptors (Lipinski definition) is 4. The summed E-state index contributed by atoms with van der Waals surface area (Å²) >= 11 is 0. The number of hydrogen-bond donors (Lipinski definition) is 2. The molecule has 0 aliphatic carbocycles. The summed E-state index contributed by atoms with van der Waals surface area (Å²) < 4.78 is 29.1. The van der Waals surface area contributed by atoms with Crippen molar-refractivity contribution in [2.75, 3.05) is 6.54 Å². The number of carboxylic acid groups (broad SMARTS) is 1. The van der Waals surface area contributed by atoms with Crippen molar-refractivity contribution in [1.29, 1.82) is 0 Å². The molecule has 0 aliphatic rings. The number of sulfonamides is 1. The lowest BCUT2D eigenvalue weighted by Crippen LogP contribution is -2.26. The van der Waals surface area contributed by atoms with Crippen molar-refractivity contribution in [3.63, 3.8) is 0 Å². The third kappa shape index (κ3) is 4.17. The van der Waals surface area contributed by atoms with Crippen LogP contribution in [0.5, 0.6) is 0 Å². The van der Waals surface area contributed by atoms with Crippen LogP contribution in [-0.2, 0) is 16.6 Å². The molecular weight excluding hydrogens is 318 g/mol. The Bertz CT molecular complexity index is 798. The van der Waals surface area contributed by atoms with Gasteiger partial charge in [0.05, 0.1) is 10.5 Å². The summed E-state index contributed by atoms with van der Waals surface area (Å²) in [5.41, 5.74) is 1.14. The highest BCUT2D eigenvalue weighted by molar-refractivity contribution is 7.89. The average Bonchev–Trinajstić information content (AvgIpc) is 2.99. The maximum Gasteiger partial charge on any atom is 0.335 e. The maximum atomic E-state index is 12.4. The predicted molar refractivity (Wildman–Crippen MR) is 84.9 cm³/mol. The lowest BCUT2D eigenvalue weighted by molar-refractivity contribution is 0.0696. The summed E-state index contributed by atoms with van der Waals surface area (Å²) in [6.45, 7) is 4.21. The number of carboxylic acids is 1. The van der Waals surface area contributed by atoms with Gasteiger partial charge in [-0.3, -0.25) is 4.68 Å². The van der Waals surface area contributed by atoms with E-state index in [-0.39, 0.29) is 17.0 Å². The largest absolute Gasteiger partial charge is 0.478 e. The van der Waals surface area contributed by atoms with Crippen LogP contribution in [-0.4, -0.2) is 35.8 Å². The molecule has 0 atom stereocenters. The van der Waals surface area contributed by atoms with Gasteiger partial charge in [-0.15, -0.1) is 0 Å². The second-order valence-electron chi connectivity index (χ2n) is 5.24. The van der Waals surface area contributed by atoms with E-state index in [4.69, 9.17) is 5.11 Å². The second kappa shape index (κ2) is 6.93. The minimum atomic E-state index is -3.75. The maximum absolute atomic E-state index is 12.4. The van der Waals surface area contributed by atoms with Crippen molar-refractivity contribution in [3.8, 4) is 0 Å². The van der Waals surface area contributed by atoms with E-state index in [1.54, 1.807) is 37.0 Å². The van der Waals surface area contributed by atoms with Crippen molar-refractivity contribution in [3.05, 3.63) is 47.3 Å². The normalized spacial score (nSPS) is 11.6. The molecule has 1 aromatic carbocycles. The van der Waals surface area contributed by atoms with Gasteiger partial charge in [-0.25, -0.2) is 17.9 Å². The summed E-state index contributed by atoms with van der Waals surface area (Å²) in [4.78, 5) is 11.1. The number of rotatable bonds is 7. The Morgan fingerprint density at radius 3 is 2.70 bits per heavy atom. The standard InChI is InChI=1S/C15H19N3O4S/c1-11-9-13(15(19)20)10-14(12(11)2)23(21,22)17-6-4-8-18-7-3-5-16-18/h3,5,7,9-10,17H,4,6,8H2,1-2H3,(H,19,20). The molecule has 0 spiro atoms. The minimum Gasteiger partial charge on any atom is -0.478 e. The SMILES string of the molecule is Cc1cc(C(=O)O)cc(S(=O)(=O)NCCCn2cccn2)c1C. The van der Waals surface area contributed by atoms with Gasteiger partial charge in [-0.1, -0.05) is 0 Å². The predicted octanol–water partition coefficient (Wildman–Crippen LogP) is 1.57. The topological polar surface area (TPSA) is 101 Å². The highest BCUT2D eigenvalue weighted by Crippen LogP contribution is 2.21. The van der Waals surface area contributed by atoms with E-state index in [1.807, 2.05) is 0 Å². The number of carbonyl (C=O) groups is 1. The lowest BCUT2D eigenvalue weighted by Gasteiger charge is -2.12. The zero-order chi connectivity index (χ0) is 17.0. The fourth-order valence-corrected chi connectivity index (χ4v) is 3.60. The Kier molecular flexibility index (Phi) is 5.17. The van der Waals surface area contributed by atoms with Crippen molar-refractivity contribution >= 4 is 16.0 Å². The molecule has 0 saturated carbocycles. The quantitative estimate of drug-likeness (QED) is 0.747. The molecule has 0 radical (unpaired) electrons. The molecule has 1 aromatic heterocycles. The molecular formula is C15H19N3O4S. The number of aryl methyl sites for hydroxylation is 2. The highest BCUT2D eigenvalue weighted by Gasteiger charge is 2.20. The van der Waals surface area contributed by atoms with Crippen LogP contribution in [0.4, 0.5) is 0 Å². The summed E-state index contributed by atoms with van der Waals surface area (Å²) in [7, 11) is -3.75. The van der Waals surface area contributed by atoms with Crippen LogP contribution in [0.15, 0.2) is 35.5 Å². The Labute approximate surface area is 135 Å². The van der Waals surface area contributed by atoms with Crippen LogP contribution in [0.2, 0.25) is 0 Å². The summed E-state index contributed by atoms with van der Waals surface area (Å²) in [5, 5.41) is 13.1. The molecule has 0 amide bonds. The molecule has 2 rings (SSSR count). The zero-order valence-corrected chi connectivity index (χ0v) is 13.8. The third-order valence-electron chi connectivity index (χ3n) is 3.57. The van der Waals surface area contributed by atoms with Gasteiger partial charge >= 0.3 is 5.97 Å². The number of benzene rings is 1. The molecule has 0 aliphatic heterocycles. The lowest BCUT2D eigenvalue weighted by atomic mass is 10.1. The molecule has 0 unspecified atom stereocenters. The third-order valence-corrected chi connectivity index (χ3v) is 5.16. The molecule has 124 valence electrons. The van der Waals surface area contributed by atoms with E-state index >= 15 is 0 Å². The fourth-order valence-electron chi connectivity index (χ4n) is 2.19. The first-order valence-electron chi connectivity index (χ1n) is 7.13. The number of nitrogens with one attached hydrogen (secondary N) is 1. The van der Waals surface area contributed by atoms with Crippen molar-refractivity contribution in [2.45, 2.75) is 31.7 Å². The number of nitrogens with zero attached hydrogens (tertiary/aromatic N) is 2. The van der Waals surface area contributed by atoms with E-state index in [9.17, 15) is 13.2 Å². The van der Waals surface area contributed by atoms with Crippen molar-refractivity contribution in [2.24, 2.45) is 0 Å². The van der Waals surface area contributed by atoms with Crippen LogP contribution >= 0.6 is 0 Å². The Morgan fingerprint density at radius 1 is 1.35 bits per heavy atom. The molecule has 0 saturated heterocycles. The molecule has 23 heavy (non-hydrogen) atoms. The zero-order valence-electron chi connectivity index (χ0n) is 13.0. The smallest absolute Gasteiger partial charge is 0.335 e. The van der Waals surface area contributed by atoms with Gasteiger partial charge in [0.25, 0.3) is 0 Å². The molecule has 7 nitrogen and oxygen atoms in total. The van der Waals surface area contributed by atoms with Gasteiger partial charge in [0.2, 0.25) is 10.0 Å². The Balaban J connectivity index is 2.11. The van der Waals surface area contributed by atoms with Gasteiger partial charge in [-0.2, -0.15) is 5.10 Å². The van der Waals surface area contributed by atoms with Crippen LogP contribution in [0.25, 0.3) is 0 Å². The second-order valence-corrected chi connectivity index (χ2v) is 6.98. The van der Waals surface area contributed by atoms with Crippen LogP contribution < -0.4 is 4.72 Å². The number of aromatic nitrogens is 2. The minimum absolute atomic E-state index is 0.00832. The Hall–Kier alpha value is -2.19. The van der Waals surface area contributed by atoms with Crippen LogP contribution in [0, 0.1) is 13.8 Å². The molecule has 2 N–H and O–H groups in total. The van der Waals surface area contributed by atoms with E-state index < -0.39 is 16.0 Å². The monoisotopic (exact) mass is 337 g/mol. The van der Waals surface area contributed by atoms with Gasteiger partial charge in [0.15, 0.2) is 0 Å². The molecule has 8 heteroatoms. The average molecular weight is 337 g/mol. The van der Waals surface area contributed by atoms with Crippen molar-refractivity contribution < 1.29 is 18.3 Å². The first-order chi connectivity index (χ1) is 10.8. The van der Waals surface area contributed by atoms with Gasteiger partial charge in [0.1, 0.15) is 0 Å². The summed E-state index contributed by atoms with van der Waals surface area (Å²) in [5.74, 6) is -1.15. The van der Waals surface area contributed by atoms with E-state index in [0.29, 0.717) is 24.1 Å². The fraction of sp³-hybridized carbons (Fsp3) is 0.333. The summed E-state index contributed by atoms with van der Waals surface area (Å²) in [6, 6.07) is 4.46. The highest BCUT2D eigenvalue weighted by atomic mass is 32.2. The first-order valence-corrected chi connectivity index (χ1v) is 8.61. The van der Waals surface area contributed by atoms with Crippen molar-refractivity contribution in [1.82, 2.24) is 14.5 Å². The van der Waals surface area contributed by atoms with E-state index in [2.05, 4.69) is 9.82 Å². The van der Waals surface area contributed by atoms with Crippen LogP contribution in [0.3, 0.4) is 0 Å². The molecule has 0 fully saturated rings. The van der Waals surface area contributed by atoms with E-state index in [0.717, 1.165) is 0 Å². The van der Waals surface area contributed by atoms with Gasteiger partial charge in [-0.05, 0) is 49.6 Å². The molecule has 2 aromatic rings. The van der Waals surface area contributed by atoms with Crippen LogP contribution in [0.1, 0.15) is 27.9 Å².